The smallest absolute Gasteiger partial charge is 0.328 e. The van der Waals surface area contributed by atoms with Gasteiger partial charge in [-0.25, -0.2) is 4.79 Å². The maximum atomic E-state index is 13.3. The summed E-state index contributed by atoms with van der Waals surface area (Å²) in [6, 6.07) is 7.53. The Labute approximate surface area is 227 Å². The largest absolute Gasteiger partial charge is 0.467 e. The van der Waals surface area contributed by atoms with Crippen molar-refractivity contribution in [2.75, 3.05) is 32.3 Å². The van der Waals surface area contributed by atoms with Gasteiger partial charge in [0.25, 0.3) is 0 Å². The third-order valence-electron chi connectivity index (χ3n) is 5.70. The Bertz CT molecular complexity index is 1000. The number of ether oxygens (including phenoxy) is 3. The second-order valence-electron chi connectivity index (χ2n) is 8.51. The van der Waals surface area contributed by atoms with Crippen LogP contribution in [-0.4, -0.2) is 74.5 Å². The predicted octanol–water partition coefficient (Wildman–Crippen LogP) is 2.93. The fraction of sp³-hybridized carbons (Fsp3) is 0.500. The zero-order valence-electron chi connectivity index (χ0n) is 21.7. The van der Waals surface area contributed by atoms with Crippen molar-refractivity contribution in [3.8, 4) is 0 Å². The van der Waals surface area contributed by atoms with Gasteiger partial charge < -0.3 is 24.8 Å². The Morgan fingerprint density at radius 2 is 2.00 bits per heavy atom. The number of hydrogen-bond acceptors (Lipinski definition) is 8. The van der Waals surface area contributed by atoms with E-state index in [1.54, 1.807) is 30.0 Å². The lowest BCUT2D eigenvalue weighted by atomic mass is 9.99. The van der Waals surface area contributed by atoms with Crippen molar-refractivity contribution in [1.82, 2.24) is 10.6 Å². The van der Waals surface area contributed by atoms with Gasteiger partial charge in [0.05, 0.1) is 26.4 Å². The van der Waals surface area contributed by atoms with Crippen LogP contribution in [0.5, 0.6) is 0 Å². The molecule has 11 nitrogen and oxygen atoms in total. The fourth-order valence-electron chi connectivity index (χ4n) is 3.81. The monoisotopic (exact) mass is 545 g/mol. The van der Waals surface area contributed by atoms with E-state index < -0.39 is 48.2 Å². The highest BCUT2D eigenvalue weighted by Gasteiger charge is 2.32. The minimum Gasteiger partial charge on any atom is -0.467 e. The number of thioether (sulfide) groups is 1. The minimum absolute atomic E-state index is 0.0159. The molecule has 0 unspecified atom stereocenters. The van der Waals surface area contributed by atoms with Gasteiger partial charge in [0.15, 0.2) is 6.29 Å². The number of esters is 1. The van der Waals surface area contributed by atoms with Crippen LogP contribution in [-0.2, 0) is 35.0 Å². The first-order valence-electron chi connectivity index (χ1n) is 12.2. The number of carbonyl (C=O) groups is 3. The number of methoxy groups -OCH3 is 1. The molecule has 0 saturated carbocycles. The van der Waals surface area contributed by atoms with Crippen LogP contribution in [0.1, 0.15) is 18.4 Å². The third kappa shape index (κ3) is 10.6. The lowest BCUT2D eigenvalue weighted by Crippen LogP contribution is -2.53. The number of rotatable bonds is 16. The minimum atomic E-state index is -0.926. The van der Waals surface area contributed by atoms with Crippen molar-refractivity contribution in [2.24, 2.45) is 11.0 Å². The number of azide groups is 1. The molecule has 0 aliphatic carbocycles. The average molecular weight is 546 g/mol. The van der Waals surface area contributed by atoms with E-state index in [1.165, 1.54) is 7.11 Å². The van der Waals surface area contributed by atoms with Crippen LogP contribution in [0.25, 0.3) is 10.4 Å². The Balaban J connectivity index is 2.15. The molecular formula is C26H35N5O6S. The maximum Gasteiger partial charge on any atom is 0.328 e. The van der Waals surface area contributed by atoms with Crippen LogP contribution in [0, 0.1) is 5.92 Å². The summed E-state index contributed by atoms with van der Waals surface area (Å²) in [5.41, 5.74) is 9.42. The molecular weight excluding hydrogens is 510 g/mol. The topological polar surface area (TPSA) is 152 Å². The number of nitrogens with zero attached hydrogens (tertiary/aromatic N) is 3. The molecule has 1 aliphatic rings. The van der Waals surface area contributed by atoms with E-state index in [2.05, 4.69) is 27.2 Å². The zero-order chi connectivity index (χ0) is 27.8. The molecule has 0 aromatic heterocycles. The van der Waals surface area contributed by atoms with E-state index in [0.717, 1.165) is 5.56 Å². The molecule has 5 atom stereocenters. The second-order valence-corrected chi connectivity index (χ2v) is 9.49. The molecule has 1 aromatic rings. The standard InChI is InChI=1S/C26H35N5O6S/c1-4-13-36-26-19(10-11-20(37-26)17-28-31-27)16-23(32)29-22(15-18-8-6-5-7-9-18)24(33)30-21(12-14-38-3)25(34)35-2/h4-11,19-22,26H,1,12-17H2,2-3H3,(H,29,32)(H,30,33)/t19-,20+,21+,22+,26+/m1/s1. The summed E-state index contributed by atoms with van der Waals surface area (Å²) in [4.78, 5) is 41.4. The van der Waals surface area contributed by atoms with Gasteiger partial charge in [-0.2, -0.15) is 11.8 Å². The van der Waals surface area contributed by atoms with Gasteiger partial charge in [0.1, 0.15) is 12.1 Å². The Morgan fingerprint density at radius 1 is 1.24 bits per heavy atom. The predicted molar refractivity (Wildman–Crippen MR) is 145 cm³/mol. The second kappa shape index (κ2) is 17.2. The van der Waals surface area contributed by atoms with Gasteiger partial charge in [-0.05, 0) is 29.5 Å². The molecule has 1 heterocycles. The van der Waals surface area contributed by atoms with Crippen molar-refractivity contribution < 1.29 is 28.6 Å². The normalized spacial score (nSPS) is 19.9. The van der Waals surface area contributed by atoms with E-state index in [-0.39, 0.29) is 26.0 Å². The molecule has 0 saturated heterocycles. The molecule has 2 rings (SSSR count). The Hall–Kier alpha value is -3.31. The molecule has 2 amide bonds. The zero-order valence-corrected chi connectivity index (χ0v) is 22.5. The van der Waals surface area contributed by atoms with Crippen LogP contribution in [0.15, 0.2) is 60.3 Å². The lowest BCUT2D eigenvalue weighted by Gasteiger charge is -2.31. The van der Waals surface area contributed by atoms with Gasteiger partial charge in [0, 0.05) is 23.7 Å². The van der Waals surface area contributed by atoms with Crippen molar-refractivity contribution in [2.45, 2.75) is 43.7 Å². The first-order chi connectivity index (χ1) is 18.4. The van der Waals surface area contributed by atoms with E-state index in [9.17, 15) is 14.4 Å². The van der Waals surface area contributed by atoms with Crippen molar-refractivity contribution >= 4 is 29.5 Å². The van der Waals surface area contributed by atoms with Crippen molar-refractivity contribution in [1.29, 1.82) is 0 Å². The van der Waals surface area contributed by atoms with Crippen LogP contribution in [0.3, 0.4) is 0 Å². The van der Waals surface area contributed by atoms with Gasteiger partial charge in [-0.1, -0.05) is 53.7 Å². The molecule has 206 valence electrons. The highest BCUT2D eigenvalue weighted by atomic mass is 32.2. The van der Waals surface area contributed by atoms with Crippen LogP contribution < -0.4 is 10.6 Å². The molecule has 0 bridgehead atoms. The summed E-state index contributed by atoms with van der Waals surface area (Å²) in [7, 11) is 1.27. The summed E-state index contributed by atoms with van der Waals surface area (Å²) >= 11 is 1.55. The molecule has 2 N–H and O–H groups in total. The molecule has 38 heavy (non-hydrogen) atoms. The van der Waals surface area contributed by atoms with Crippen LogP contribution in [0.4, 0.5) is 0 Å². The Morgan fingerprint density at radius 3 is 2.66 bits per heavy atom. The van der Waals surface area contributed by atoms with E-state index in [0.29, 0.717) is 12.2 Å². The van der Waals surface area contributed by atoms with Gasteiger partial charge in [-0.3, -0.25) is 9.59 Å². The summed E-state index contributed by atoms with van der Waals surface area (Å²) in [5, 5.41) is 9.08. The molecule has 1 aliphatic heterocycles. The number of nitrogens with one attached hydrogen (secondary N) is 2. The van der Waals surface area contributed by atoms with Crippen molar-refractivity contribution in [3.05, 3.63) is 71.1 Å². The number of hydrogen-bond donors (Lipinski definition) is 2. The Kier molecular flexibility index (Phi) is 14.0. The molecule has 1 aromatic carbocycles. The first-order valence-corrected chi connectivity index (χ1v) is 13.6. The molecule has 0 fully saturated rings. The van der Waals surface area contributed by atoms with Gasteiger partial charge >= 0.3 is 5.97 Å². The highest BCUT2D eigenvalue weighted by Crippen LogP contribution is 2.23. The van der Waals surface area contributed by atoms with Gasteiger partial charge in [-0.15, -0.1) is 6.58 Å². The SMILES string of the molecule is C=CCO[C@H]1O[C@H](CN=[N+]=[N-])C=C[C@@H]1CC(=O)N[C@@H](Cc1ccccc1)C(=O)N[C@@H](CCSC)C(=O)OC. The number of carbonyl (C=O) groups excluding carboxylic acids is 3. The van der Waals surface area contributed by atoms with E-state index >= 15 is 0 Å². The van der Waals surface area contributed by atoms with E-state index in [1.807, 2.05) is 36.6 Å². The third-order valence-corrected chi connectivity index (χ3v) is 6.35. The van der Waals surface area contributed by atoms with Crippen LogP contribution in [0.2, 0.25) is 0 Å². The summed E-state index contributed by atoms with van der Waals surface area (Å²) < 4.78 is 16.4. The highest BCUT2D eigenvalue weighted by molar-refractivity contribution is 7.98. The summed E-state index contributed by atoms with van der Waals surface area (Å²) in [5.74, 6) is -1.21. The molecule has 0 radical (unpaired) electrons. The quantitative estimate of drug-likeness (QED) is 0.107. The summed E-state index contributed by atoms with van der Waals surface area (Å²) in [6.45, 7) is 3.93. The first kappa shape index (κ1) is 30.9. The lowest BCUT2D eigenvalue weighted by molar-refractivity contribution is -0.180. The summed E-state index contributed by atoms with van der Waals surface area (Å²) in [6.07, 6.45) is 6.35. The van der Waals surface area contributed by atoms with E-state index in [4.69, 9.17) is 19.7 Å². The number of benzene rings is 1. The van der Waals surface area contributed by atoms with Crippen LogP contribution >= 0.6 is 11.8 Å². The maximum absolute atomic E-state index is 13.3. The average Bonchev–Trinajstić information content (AvgIpc) is 2.93. The van der Waals surface area contributed by atoms with Gasteiger partial charge in [0.2, 0.25) is 11.8 Å². The molecule has 12 heteroatoms. The molecule has 0 spiro atoms. The fourth-order valence-corrected chi connectivity index (χ4v) is 4.28. The number of amides is 2. The van der Waals surface area contributed by atoms with Crippen molar-refractivity contribution in [3.63, 3.8) is 0 Å².